The minimum atomic E-state index is 0.690. The number of hydrogen-bond donors (Lipinski definition) is 0. The molecule has 0 saturated carbocycles. The van der Waals surface area contributed by atoms with Gasteiger partial charge in [-0.2, -0.15) is 0 Å². The van der Waals surface area contributed by atoms with Crippen molar-refractivity contribution in [3.8, 4) is 0 Å². The Morgan fingerprint density at radius 3 is 2.14 bits per heavy atom. The van der Waals surface area contributed by atoms with E-state index in [1.807, 2.05) is 0 Å². The predicted octanol–water partition coefficient (Wildman–Crippen LogP) is 1.32. The topological polar surface area (TPSA) is 10.8 Å². The molecule has 14 heavy (non-hydrogen) atoms. The van der Waals surface area contributed by atoms with Gasteiger partial charge in [-0.25, -0.2) is 6.57 Å². The Morgan fingerprint density at radius 2 is 1.64 bits per heavy atom. The molecule has 0 atom stereocenters. The zero-order valence-corrected chi connectivity index (χ0v) is 9.21. The van der Waals surface area contributed by atoms with E-state index in [-0.39, 0.29) is 0 Å². The normalized spacial score (nSPS) is 19.4. The second-order valence-corrected chi connectivity index (χ2v) is 3.92. The Labute approximate surface area is 87.5 Å². The minimum absolute atomic E-state index is 0.690. The van der Waals surface area contributed by atoms with Crippen LogP contribution >= 0.6 is 0 Å². The standard InChI is InChI=1S/C11H21N3/c1-3-6-13-8-10-14(11-9-13)7-4-5-12-2/h3-11H2,1H3. The number of nitrogens with zero attached hydrogens (tertiary/aromatic N) is 3. The van der Waals surface area contributed by atoms with E-state index in [4.69, 9.17) is 6.57 Å². The van der Waals surface area contributed by atoms with Gasteiger partial charge in [0.05, 0.1) is 0 Å². The van der Waals surface area contributed by atoms with Crippen molar-refractivity contribution in [1.82, 2.24) is 9.80 Å². The maximum atomic E-state index is 6.71. The van der Waals surface area contributed by atoms with E-state index in [2.05, 4.69) is 21.6 Å². The van der Waals surface area contributed by atoms with Gasteiger partial charge in [-0.3, -0.25) is 0 Å². The molecule has 1 fully saturated rings. The summed E-state index contributed by atoms with van der Waals surface area (Å²) in [7, 11) is 0. The molecule has 0 aromatic carbocycles. The first-order chi connectivity index (χ1) is 6.86. The Balaban J connectivity index is 2.07. The summed E-state index contributed by atoms with van der Waals surface area (Å²) in [4.78, 5) is 8.39. The predicted molar refractivity (Wildman–Crippen MR) is 59.3 cm³/mol. The van der Waals surface area contributed by atoms with Crippen LogP contribution in [-0.4, -0.2) is 55.6 Å². The van der Waals surface area contributed by atoms with Crippen LogP contribution < -0.4 is 0 Å². The first-order valence-corrected chi connectivity index (χ1v) is 5.64. The summed E-state index contributed by atoms with van der Waals surface area (Å²) in [6.45, 7) is 16.8. The molecule has 0 radical (unpaired) electrons. The van der Waals surface area contributed by atoms with Crippen LogP contribution in [0.4, 0.5) is 0 Å². The van der Waals surface area contributed by atoms with Gasteiger partial charge in [-0.05, 0) is 13.0 Å². The zero-order chi connectivity index (χ0) is 10.2. The van der Waals surface area contributed by atoms with Gasteiger partial charge >= 0.3 is 0 Å². The van der Waals surface area contributed by atoms with E-state index < -0.39 is 0 Å². The molecule has 0 aliphatic carbocycles. The minimum Gasteiger partial charge on any atom is -0.317 e. The van der Waals surface area contributed by atoms with Crippen LogP contribution in [-0.2, 0) is 0 Å². The molecule has 0 aromatic heterocycles. The number of hydrogen-bond acceptors (Lipinski definition) is 2. The highest BCUT2D eigenvalue weighted by molar-refractivity contribution is 4.72. The zero-order valence-electron chi connectivity index (χ0n) is 9.21. The Hall–Kier alpha value is -0.590. The second kappa shape index (κ2) is 6.80. The SMILES string of the molecule is [C-]#[N+]CCCN1CCN(CCC)CC1. The summed E-state index contributed by atoms with van der Waals surface area (Å²) >= 11 is 0. The van der Waals surface area contributed by atoms with Gasteiger partial charge in [-0.15, -0.1) is 0 Å². The van der Waals surface area contributed by atoms with E-state index in [1.54, 1.807) is 0 Å². The molecule has 0 unspecified atom stereocenters. The van der Waals surface area contributed by atoms with Crippen molar-refractivity contribution >= 4 is 0 Å². The summed E-state index contributed by atoms with van der Waals surface area (Å²) in [6.07, 6.45) is 2.30. The van der Waals surface area contributed by atoms with Crippen LogP contribution in [0, 0.1) is 6.57 Å². The van der Waals surface area contributed by atoms with Gasteiger partial charge in [0, 0.05) is 39.1 Å². The van der Waals surface area contributed by atoms with E-state index >= 15 is 0 Å². The van der Waals surface area contributed by atoms with Crippen molar-refractivity contribution in [3.05, 3.63) is 11.4 Å². The van der Waals surface area contributed by atoms with Crippen LogP contribution in [0.2, 0.25) is 0 Å². The van der Waals surface area contributed by atoms with E-state index in [0.29, 0.717) is 6.54 Å². The molecule has 0 spiro atoms. The molecule has 3 heteroatoms. The molecule has 0 bridgehead atoms. The molecule has 80 valence electrons. The summed E-state index contributed by atoms with van der Waals surface area (Å²) < 4.78 is 0. The summed E-state index contributed by atoms with van der Waals surface area (Å²) in [5, 5.41) is 0. The summed E-state index contributed by atoms with van der Waals surface area (Å²) in [6, 6.07) is 0. The van der Waals surface area contributed by atoms with E-state index in [0.717, 1.165) is 13.0 Å². The molecule has 0 amide bonds. The molecule has 1 aliphatic heterocycles. The van der Waals surface area contributed by atoms with Gasteiger partial charge in [0.25, 0.3) is 0 Å². The number of piperazine rings is 1. The average Bonchev–Trinajstić information content (AvgIpc) is 2.21. The highest BCUT2D eigenvalue weighted by atomic mass is 15.3. The van der Waals surface area contributed by atoms with Gasteiger partial charge in [0.15, 0.2) is 0 Å². The maximum absolute atomic E-state index is 6.71. The van der Waals surface area contributed by atoms with Crippen molar-refractivity contribution in [2.75, 3.05) is 45.8 Å². The molecule has 0 N–H and O–H groups in total. The van der Waals surface area contributed by atoms with Crippen molar-refractivity contribution in [1.29, 1.82) is 0 Å². The van der Waals surface area contributed by atoms with Crippen molar-refractivity contribution in [3.63, 3.8) is 0 Å². The lowest BCUT2D eigenvalue weighted by atomic mass is 10.2. The molecular weight excluding hydrogens is 174 g/mol. The summed E-state index contributed by atoms with van der Waals surface area (Å²) in [5.74, 6) is 0. The lowest BCUT2D eigenvalue weighted by Gasteiger charge is -2.34. The van der Waals surface area contributed by atoms with Gasteiger partial charge in [0.1, 0.15) is 0 Å². The molecule has 1 saturated heterocycles. The molecule has 1 rings (SSSR count). The third-order valence-corrected chi connectivity index (χ3v) is 2.75. The fourth-order valence-electron chi connectivity index (χ4n) is 1.93. The van der Waals surface area contributed by atoms with Gasteiger partial charge in [0.2, 0.25) is 6.54 Å². The lowest BCUT2D eigenvalue weighted by Crippen LogP contribution is -2.46. The Kier molecular flexibility index (Phi) is 5.58. The fourth-order valence-corrected chi connectivity index (χ4v) is 1.93. The lowest BCUT2D eigenvalue weighted by molar-refractivity contribution is 0.132. The highest BCUT2D eigenvalue weighted by Gasteiger charge is 2.15. The van der Waals surface area contributed by atoms with E-state index in [1.165, 1.54) is 39.1 Å². The van der Waals surface area contributed by atoms with Crippen molar-refractivity contribution < 1.29 is 0 Å². The Morgan fingerprint density at radius 1 is 1.07 bits per heavy atom. The maximum Gasteiger partial charge on any atom is 0.215 e. The highest BCUT2D eigenvalue weighted by Crippen LogP contribution is 2.02. The first kappa shape index (κ1) is 11.5. The summed E-state index contributed by atoms with van der Waals surface area (Å²) in [5.41, 5.74) is 0. The van der Waals surface area contributed by atoms with Gasteiger partial charge < -0.3 is 14.6 Å². The fraction of sp³-hybridized carbons (Fsp3) is 0.909. The smallest absolute Gasteiger partial charge is 0.215 e. The van der Waals surface area contributed by atoms with Crippen LogP contribution in [0.25, 0.3) is 4.85 Å². The van der Waals surface area contributed by atoms with Crippen LogP contribution in [0.5, 0.6) is 0 Å². The van der Waals surface area contributed by atoms with Crippen LogP contribution in [0.15, 0.2) is 0 Å². The monoisotopic (exact) mass is 195 g/mol. The van der Waals surface area contributed by atoms with Crippen LogP contribution in [0.3, 0.4) is 0 Å². The van der Waals surface area contributed by atoms with Crippen molar-refractivity contribution in [2.45, 2.75) is 19.8 Å². The largest absolute Gasteiger partial charge is 0.317 e. The van der Waals surface area contributed by atoms with Crippen LogP contribution in [0.1, 0.15) is 19.8 Å². The first-order valence-electron chi connectivity index (χ1n) is 5.64. The quantitative estimate of drug-likeness (QED) is 0.484. The second-order valence-electron chi connectivity index (χ2n) is 3.92. The third kappa shape index (κ3) is 4.08. The molecule has 1 aliphatic rings. The Bertz CT molecular complexity index is 177. The van der Waals surface area contributed by atoms with E-state index in [9.17, 15) is 0 Å². The molecule has 1 heterocycles. The molecular formula is C11H21N3. The van der Waals surface area contributed by atoms with Gasteiger partial charge in [-0.1, -0.05) is 6.92 Å². The molecule has 0 aromatic rings. The average molecular weight is 195 g/mol. The van der Waals surface area contributed by atoms with Crippen molar-refractivity contribution in [2.24, 2.45) is 0 Å². The number of rotatable bonds is 5. The third-order valence-electron chi connectivity index (χ3n) is 2.75. The molecule has 3 nitrogen and oxygen atoms in total.